The quantitative estimate of drug-likeness (QED) is 0.481. The van der Waals surface area contributed by atoms with Gasteiger partial charge in [0, 0.05) is 20.0 Å². The molecule has 0 amide bonds. The van der Waals surface area contributed by atoms with Crippen molar-refractivity contribution in [3.8, 4) is 0 Å². The average molecular weight is 182 g/mol. The van der Waals surface area contributed by atoms with Gasteiger partial charge in [-0.05, 0) is 12.8 Å². The molecule has 0 aliphatic heterocycles. The molecule has 3 atom stereocenters. The van der Waals surface area contributed by atoms with Crippen molar-refractivity contribution in [3.05, 3.63) is 0 Å². The van der Waals surface area contributed by atoms with Gasteiger partial charge in [-0.1, -0.05) is 5.82 Å². The summed E-state index contributed by atoms with van der Waals surface area (Å²) in [7, 11) is 7.42. The molecule has 0 saturated heterocycles. The Balaban J connectivity index is 2.45. The number of hydrogen-bond acceptors (Lipinski definition) is 3. The highest BCUT2D eigenvalue weighted by molar-refractivity contribution is 6.11. The third kappa shape index (κ3) is 3.03. The van der Waals surface area contributed by atoms with Crippen LogP contribution in [0.5, 0.6) is 0 Å². The Bertz CT molecular complexity index is 184. The molecule has 3 unspecified atom stereocenters. The Morgan fingerprint density at radius 3 is 2.77 bits per heavy atom. The number of methoxy groups -OCH3 is 1. The number of carbonyl (C=O) groups excluding carboxylic acids is 1. The summed E-state index contributed by atoms with van der Waals surface area (Å²) in [5.74, 6) is 0.175. The van der Waals surface area contributed by atoms with Crippen molar-refractivity contribution in [3.63, 3.8) is 0 Å². The van der Waals surface area contributed by atoms with Crippen molar-refractivity contribution < 1.29 is 14.3 Å². The van der Waals surface area contributed by atoms with E-state index in [0.29, 0.717) is 6.61 Å². The predicted molar refractivity (Wildman–Crippen MR) is 49.7 cm³/mol. The molecule has 3 nitrogen and oxygen atoms in total. The van der Waals surface area contributed by atoms with Crippen LogP contribution < -0.4 is 0 Å². The normalized spacial score (nSPS) is 33.2. The van der Waals surface area contributed by atoms with E-state index >= 15 is 0 Å². The SMILES string of the molecule is [B]C1CC(COC)C(OC(C)=O)C1. The summed E-state index contributed by atoms with van der Waals surface area (Å²) in [4.78, 5) is 10.8. The Morgan fingerprint density at radius 2 is 2.23 bits per heavy atom. The van der Waals surface area contributed by atoms with E-state index in [-0.39, 0.29) is 23.8 Å². The minimum atomic E-state index is -0.236. The maximum absolute atomic E-state index is 10.8. The van der Waals surface area contributed by atoms with Crippen LogP contribution >= 0.6 is 0 Å². The van der Waals surface area contributed by atoms with Gasteiger partial charge in [0.05, 0.1) is 14.5 Å². The third-order valence-corrected chi connectivity index (χ3v) is 2.36. The molecule has 0 spiro atoms. The standard InChI is InChI=1S/C9H15BO3/c1-6(11)13-9-4-8(10)3-7(9)5-12-2/h7-9H,3-5H2,1-2H3. The van der Waals surface area contributed by atoms with Crippen LogP contribution in [0.15, 0.2) is 0 Å². The largest absolute Gasteiger partial charge is 0.462 e. The van der Waals surface area contributed by atoms with E-state index in [9.17, 15) is 4.79 Å². The molecule has 1 fully saturated rings. The van der Waals surface area contributed by atoms with E-state index < -0.39 is 0 Å². The maximum Gasteiger partial charge on any atom is 0.302 e. The molecule has 0 aromatic rings. The van der Waals surface area contributed by atoms with Crippen LogP contribution in [0.2, 0.25) is 5.82 Å². The van der Waals surface area contributed by atoms with Gasteiger partial charge in [0.15, 0.2) is 0 Å². The molecule has 0 heterocycles. The summed E-state index contributed by atoms with van der Waals surface area (Å²) in [6, 6.07) is 0. The fourth-order valence-electron chi connectivity index (χ4n) is 1.87. The number of rotatable bonds is 3. The van der Waals surface area contributed by atoms with Gasteiger partial charge in [0.2, 0.25) is 0 Å². The first-order chi connectivity index (χ1) is 6.13. The van der Waals surface area contributed by atoms with Crippen molar-refractivity contribution in [1.82, 2.24) is 0 Å². The Labute approximate surface area is 80.2 Å². The highest BCUT2D eigenvalue weighted by Gasteiger charge is 2.33. The van der Waals surface area contributed by atoms with Gasteiger partial charge in [-0.15, -0.1) is 0 Å². The van der Waals surface area contributed by atoms with Gasteiger partial charge >= 0.3 is 5.97 Å². The second kappa shape index (κ2) is 4.65. The lowest BCUT2D eigenvalue weighted by Crippen LogP contribution is -2.24. The molecular weight excluding hydrogens is 167 g/mol. The zero-order chi connectivity index (χ0) is 9.84. The van der Waals surface area contributed by atoms with E-state index in [2.05, 4.69) is 0 Å². The maximum atomic E-state index is 10.8. The lowest BCUT2D eigenvalue weighted by Gasteiger charge is -2.18. The smallest absolute Gasteiger partial charge is 0.302 e. The minimum absolute atomic E-state index is 0.0487. The van der Waals surface area contributed by atoms with Crippen LogP contribution in [-0.4, -0.2) is 33.6 Å². The molecule has 72 valence electrons. The predicted octanol–water partition coefficient (Wildman–Crippen LogP) is 0.932. The summed E-state index contributed by atoms with van der Waals surface area (Å²) in [5.41, 5.74) is 0. The van der Waals surface area contributed by atoms with Crippen LogP contribution in [0.3, 0.4) is 0 Å². The summed E-state index contributed by atoms with van der Waals surface area (Å²) in [6.07, 6.45) is 1.59. The summed E-state index contributed by atoms with van der Waals surface area (Å²) in [6.45, 7) is 2.04. The van der Waals surface area contributed by atoms with Crippen LogP contribution in [-0.2, 0) is 14.3 Å². The van der Waals surface area contributed by atoms with Gasteiger partial charge in [0.1, 0.15) is 6.10 Å². The van der Waals surface area contributed by atoms with E-state index in [1.807, 2.05) is 0 Å². The molecule has 0 bridgehead atoms. The Hall–Kier alpha value is -0.505. The van der Waals surface area contributed by atoms with E-state index in [0.717, 1.165) is 12.8 Å². The number of esters is 1. The zero-order valence-electron chi connectivity index (χ0n) is 8.16. The molecule has 0 aromatic heterocycles. The van der Waals surface area contributed by atoms with E-state index in [1.54, 1.807) is 7.11 Å². The molecule has 1 saturated carbocycles. The van der Waals surface area contributed by atoms with E-state index in [1.165, 1.54) is 6.92 Å². The first-order valence-electron chi connectivity index (χ1n) is 4.55. The highest BCUT2D eigenvalue weighted by atomic mass is 16.5. The van der Waals surface area contributed by atoms with Gasteiger partial charge in [0.25, 0.3) is 0 Å². The zero-order valence-corrected chi connectivity index (χ0v) is 8.16. The fraction of sp³-hybridized carbons (Fsp3) is 0.889. The minimum Gasteiger partial charge on any atom is -0.462 e. The van der Waals surface area contributed by atoms with Gasteiger partial charge in [-0.3, -0.25) is 4.79 Å². The van der Waals surface area contributed by atoms with Crippen molar-refractivity contribution in [1.29, 1.82) is 0 Å². The number of carbonyl (C=O) groups is 1. The van der Waals surface area contributed by atoms with E-state index in [4.69, 9.17) is 17.3 Å². The Morgan fingerprint density at radius 1 is 1.54 bits per heavy atom. The monoisotopic (exact) mass is 182 g/mol. The first-order valence-corrected chi connectivity index (χ1v) is 4.55. The Kier molecular flexibility index (Phi) is 3.79. The topological polar surface area (TPSA) is 35.5 Å². The number of ether oxygens (including phenoxy) is 2. The molecular formula is C9H15BO3. The lowest BCUT2D eigenvalue weighted by atomic mass is 9.85. The van der Waals surface area contributed by atoms with Crippen LogP contribution in [0.4, 0.5) is 0 Å². The van der Waals surface area contributed by atoms with Gasteiger partial charge in [-0.25, -0.2) is 0 Å². The average Bonchev–Trinajstić information content (AvgIpc) is 2.31. The van der Waals surface area contributed by atoms with Crippen molar-refractivity contribution in [2.75, 3.05) is 13.7 Å². The summed E-state index contributed by atoms with van der Waals surface area (Å²) >= 11 is 0. The molecule has 0 N–H and O–H groups in total. The second-order valence-corrected chi connectivity index (χ2v) is 3.59. The molecule has 2 radical (unpaired) electrons. The molecule has 1 aliphatic rings. The summed E-state index contributed by atoms with van der Waals surface area (Å²) in [5, 5.41) is 0. The number of hydrogen-bond donors (Lipinski definition) is 0. The van der Waals surface area contributed by atoms with Crippen molar-refractivity contribution in [2.45, 2.75) is 31.7 Å². The van der Waals surface area contributed by atoms with Crippen molar-refractivity contribution in [2.24, 2.45) is 5.92 Å². The van der Waals surface area contributed by atoms with Crippen LogP contribution in [0.25, 0.3) is 0 Å². The van der Waals surface area contributed by atoms with Gasteiger partial charge < -0.3 is 9.47 Å². The fourth-order valence-corrected chi connectivity index (χ4v) is 1.87. The molecule has 13 heavy (non-hydrogen) atoms. The van der Waals surface area contributed by atoms with Crippen LogP contribution in [0, 0.1) is 5.92 Å². The lowest BCUT2D eigenvalue weighted by molar-refractivity contribution is -0.148. The van der Waals surface area contributed by atoms with Crippen LogP contribution in [0.1, 0.15) is 19.8 Å². The second-order valence-electron chi connectivity index (χ2n) is 3.59. The van der Waals surface area contributed by atoms with Gasteiger partial charge in [-0.2, -0.15) is 0 Å². The molecule has 4 heteroatoms. The van der Waals surface area contributed by atoms with Crippen molar-refractivity contribution >= 4 is 13.8 Å². The molecule has 1 rings (SSSR count). The summed E-state index contributed by atoms with van der Waals surface area (Å²) < 4.78 is 10.2. The third-order valence-electron chi connectivity index (χ3n) is 2.36. The molecule has 0 aromatic carbocycles. The molecule has 1 aliphatic carbocycles. The highest BCUT2D eigenvalue weighted by Crippen LogP contribution is 2.35. The first kappa shape index (κ1) is 10.6.